The number of aromatic nitrogens is 4. The number of rotatable bonds is 2. The largest absolute Gasteiger partial charge is 0.333 e. The molecule has 1 amide bonds. The van der Waals surface area contributed by atoms with E-state index < -0.39 is 0 Å². The zero-order valence-electron chi connectivity index (χ0n) is 15.1. The van der Waals surface area contributed by atoms with Crippen molar-refractivity contribution in [3.63, 3.8) is 0 Å². The monoisotopic (exact) mass is 373 g/mol. The Morgan fingerprint density at radius 1 is 1.04 bits per heavy atom. The molecule has 2 aromatic carbocycles. The second kappa shape index (κ2) is 6.23. The van der Waals surface area contributed by atoms with Gasteiger partial charge in [-0.3, -0.25) is 9.36 Å². The van der Waals surface area contributed by atoms with Crippen LogP contribution in [0.15, 0.2) is 54.9 Å². The third-order valence-electron chi connectivity index (χ3n) is 5.00. The molecular weight excluding hydrogens is 357 g/mol. The van der Waals surface area contributed by atoms with Gasteiger partial charge in [0.25, 0.3) is 0 Å². The molecule has 0 aliphatic carbocycles. The van der Waals surface area contributed by atoms with Crippen LogP contribution in [0, 0.1) is 5.82 Å². The van der Waals surface area contributed by atoms with Crippen LogP contribution in [0.1, 0.15) is 18.2 Å². The Bertz CT molecular complexity index is 1220. The highest BCUT2D eigenvalue weighted by Crippen LogP contribution is 2.32. The van der Waals surface area contributed by atoms with Crippen molar-refractivity contribution >= 4 is 16.9 Å². The molecule has 1 aliphatic rings. The number of para-hydroxylation sites is 2. The summed E-state index contributed by atoms with van der Waals surface area (Å²) in [6.45, 7) is 2.42. The van der Waals surface area contributed by atoms with E-state index in [4.69, 9.17) is 9.97 Å². The zero-order valence-corrected chi connectivity index (χ0v) is 15.1. The summed E-state index contributed by atoms with van der Waals surface area (Å²) in [5, 5.41) is 0. The van der Waals surface area contributed by atoms with Gasteiger partial charge in [0.15, 0.2) is 0 Å². The fourth-order valence-corrected chi connectivity index (χ4v) is 3.54. The Labute approximate surface area is 160 Å². The van der Waals surface area contributed by atoms with E-state index in [0.717, 1.165) is 27.9 Å². The third kappa shape index (κ3) is 2.63. The summed E-state index contributed by atoms with van der Waals surface area (Å²) < 4.78 is 15.3. The SMILES string of the molecule is CC(=O)N1Cc2nc(-n3cnc4ccccc43)nc(-c3ccc(F)cc3)c2C1. The molecule has 7 heteroatoms. The Kier molecular flexibility index (Phi) is 3.68. The summed E-state index contributed by atoms with van der Waals surface area (Å²) in [6, 6.07) is 14.0. The molecule has 0 fully saturated rings. The number of hydrogen-bond donors (Lipinski definition) is 0. The molecule has 0 spiro atoms. The number of imidazole rings is 1. The van der Waals surface area contributed by atoms with Crippen LogP contribution < -0.4 is 0 Å². The fraction of sp³-hybridized carbons (Fsp3) is 0.143. The maximum absolute atomic E-state index is 13.4. The Hall–Kier alpha value is -3.61. The molecule has 0 N–H and O–H groups in total. The van der Waals surface area contributed by atoms with E-state index in [1.807, 2.05) is 28.8 Å². The molecule has 28 heavy (non-hydrogen) atoms. The molecular formula is C21H16FN5O. The first-order chi connectivity index (χ1) is 13.6. The molecule has 1 aliphatic heterocycles. The number of hydrogen-bond acceptors (Lipinski definition) is 4. The number of carbonyl (C=O) groups excluding carboxylic acids is 1. The standard InChI is InChI=1S/C21H16FN5O/c1-13(28)26-10-16-18(11-26)24-21(25-20(16)14-6-8-15(22)9-7-14)27-12-23-17-4-2-3-5-19(17)27/h2-9,12H,10-11H2,1H3. The van der Waals surface area contributed by atoms with Crippen LogP contribution in [0.5, 0.6) is 0 Å². The Balaban J connectivity index is 1.72. The predicted molar refractivity (Wildman–Crippen MR) is 102 cm³/mol. The summed E-state index contributed by atoms with van der Waals surface area (Å²) in [4.78, 5) is 27.6. The molecule has 0 bridgehead atoms. The topological polar surface area (TPSA) is 63.9 Å². The highest BCUT2D eigenvalue weighted by atomic mass is 19.1. The maximum atomic E-state index is 13.4. The second-order valence-corrected chi connectivity index (χ2v) is 6.78. The lowest BCUT2D eigenvalue weighted by atomic mass is 10.1. The van der Waals surface area contributed by atoms with E-state index in [1.165, 1.54) is 12.1 Å². The average molecular weight is 373 g/mol. The second-order valence-electron chi connectivity index (χ2n) is 6.78. The van der Waals surface area contributed by atoms with E-state index in [-0.39, 0.29) is 11.7 Å². The van der Waals surface area contributed by atoms with E-state index >= 15 is 0 Å². The smallest absolute Gasteiger partial charge is 0.236 e. The highest BCUT2D eigenvalue weighted by Gasteiger charge is 2.27. The van der Waals surface area contributed by atoms with Crippen molar-refractivity contribution in [1.29, 1.82) is 0 Å². The number of fused-ring (bicyclic) bond motifs is 2. The molecule has 0 radical (unpaired) electrons. The summed E-state index contributed by atoms with van der Waals surface area (Å²) in [7, 11) is 0. The first kappa shape index (κ1) is 16.6. The zero-order chi connectivity index (χ0) is 19.3. The lowest BCUT2D eigenvalue weighted by Crippen LogP contribution is -2.21. The van der Waals surface area contributed by atoms with Crippen LogP contribution >= 0.6 is 0 Å². The van der Waals surface area contributed by atoms with Gasteiger partial charge >= 0.3 is 0 Å². The maximum Gasteiger partial charge on any atom is 0.236 e. The van der Waals surface area contributed by atoms with E-state index in [2.05, 4.69) is 4.98 Å². The van der Waals surface area contributed by atoms with Gasteiger partial charge in [-0.05, 0) is 36.4 Å². The number of nitrogens with zero attached hydrogens (tertiary/aromatic N) is 5. The van der Waals surface area contributed by atoms with Gasteiger partial charge in [-0.15, -0.1) is 0 Å². The summed E-state index contributed by atoms with van der Waals surface area (Å²) in [6.07, 6.45) is 1.69. The third-order valence-corrected chi connectivity index (χ3v) is 5.00. The van der Waals surface area contributed by atoms with Crippen LogP contribution in [0.2, 0.25) is 0 Å². The summed E-state index contributed by atoms with van der Waals surface area (Å²) >= 11 is 0. The molecule has 0 saturated carbocycles. The molecule has 4 aromatic rings. The summed E-state index contributed by atoms with van der Waals surface area (Å²) in [5.41, 5.74) is 4.94. The van der Waals surface area contributed by atoms with Gasteiger partial charge in [0.05, 0.1) is 35.5 Å². The Morgan fingerprint density at radius 3 is 2.61 bits per heavy atom. The predicted octanol–water partition coefficient (Wildman–Crippen LogP) is 3.48. The molecule has 6 nitrogen and oxygen atoms in total. The van der Waals surface area contributed by atoms with Gasteiger partial charge in [0.1, 0.15) is 12.1 Å². The van der Waals surface area contributed by atoms with Gasteiger partial charge in [-0.25, -0.2) is 19.3 Å². The van der Waals surface area contributed by atoms with Crippen LogP contribution in [-0.4, -0.2) is 30.3 Å². The molecule has 138 valence electrons. The van der Waals surface area contributed by atoms with Crippen molar-refractivity contribution in [2.75, 3.05) is 0 Å². The number of amides is 1. The van der Waals surface area contributed by atoms with Gasteiger partial charge < -0.3 is 4.90 Å². The minimum Gasteiger partial charge on any atom is -0.333 e. The highest BCUT2D eigenvalue weighted by molar-refractivity contribution is 5.77. The molecule has 0 unspecified atom stereocenters. The quantitative estimate of drug-likeness (QED) is 0.540. The van der Waals surface area contributed by atoms with E-state index in [9.17, 15) is 9.18 Å². The lowest BCUT2D eigenvalue weighted by molar-refractivity contribution is -0.129. The van der Waals surface area contributed by atoms with Crippen molar-refractivity contribution in [1.82, 2.24) is 24.4 Å². The van der Waals surface area contributed by atoms with Crippen LogP contribution in [0.25, 0.3) is 28.2 Å². The molecule has 5 rings (SSSR count). The first-order valence-electron chi connectivity index (χ1n) is 8.94. The normalized spacial score (nSPS) is 13.1. The number of benzene rings is 2. The fourth-order valence-electron chi connectivity index (χ4n) is 3.54. The van der Waals surface area contributed by atoms with Gasteiger partial charge in [0.2, 0.25) is 11.9 Å². The van der Waals surface area contributed by atoms with Crippen molar-refractivity contribution in [3.8, 4) is 17.2 Å². The summed E-state index contributed by atoms with van der Waals surface area (Å²) in [5.74, 6) is 0.163. The van der Waals surface area contributed by atoms with Crippen molar-refractivity contribution in [3.05, 3.63) is 71.9 Å². The van der Waals surface area contributed by atoms with E-state index in [0.29, 0.717) is 24.7 Å². The van der Waals surface area contributed by atoms with Gasteiger partial charge in [-0.2, -0.15) is 0 Å². The molecule has 2 aromatic heterocycles. The molecule has 0 atom stereocenters. The molecule has 0 saturated heterocycles. The lowest BCUT2D eigenvalue weighted by Gasteiger charge is -2.12. The minimum absolute atomic E-state index is 0.0160. The van der Waals surface area contributed by atoms with Crippen molar-refractivity contribution in [2.45, 2.75) is 20.0 Å². The number of halogens is 1. The van der Waals surface area contributed by atoms with Crippen molar-refractivity contribution in [2.24, 2.45) is 0 Å². The van der Waals surface area contributed by atoms with E-state index in [1.54, 1.807) is 30.3 Å². The first-order valence-corrected chi connectivity index (χ1v) is 8.94. The van der Waals surface area contributed by atoms with Gasteiger partial charge in [0, 0.05) is 18.1 Å². The van der Waals surface area contributed by atoms with Crippen LogP contribution in [0.3, 0.4) is 0 Å². The van der Waals surface area contributed by atoms with Gasteiger partial charge in [-0.1, -0.05) is 12.1 Å². The van der Waals surface area contributed by atoms with Crippen LogP contribution in [-0.2, 0) is 17.9 Å². The Morgan fingerprint density at radius 2 is 1.82 bits per heavy atom. The average Bonchev–Trinajstić information content (AvgIpc) is 3.32. The minimum atomic E-state index is -0.305. The molecule has 3 heterocycles. The number of carbonyl (C=O) groups is 1. The van der Waals surface area contributed by atoms with Crippen LogP contribution in [0.4, 0.5) is 4.39 Å². The van der Waals surface area contributed by atoms with Crippen molar-refractivity contribution < 1.29 is 9.18 Å².